The first-order valence-corrected chi connectivity index (χ1v) is 7.92. The molecule has 0 bridgehead atoms. The van der Waals surface area contributed by atoms with E-state index in [2.05, 4.69) is 5.32 Å². The number of rotatable bonds is 2. The van der Waals surface area contributed by atoms with Gasteiger partial charge in [0.2, 0.25) is 0 Å². The van der Waals surface area contributed by atoms with E-state index in [1.54, 1.807) is 0 Å². The third kappa shape index (κ3) is 3.59. The van der Waals surface area contributed by atoms with Crippen molar-refractivity contribution in [3.63, 3.8) is 0 Å². The summed E-state index contributed by atoms with van der Waals surface area (Å²) in [6.07, 6.45) is 9.85. The lowest BCUT2D eigenvalue weighted by atomic mass is 9.81. The summed E-state index contributed by atoms with van der Waals surface area (Å²) in [5.41, 5.74) is 5.48. The largest absolute Gasteiger partial charge is 0.391 e. The number of thiocarbonyl (C=S) groups is 1. The lowest BCUT2D eigenvalue weighted by molar-refractivity contribution is 0.185. The first kappa shape index (κ1) is 14.6. The Balaban J connectivity index is 1.99. The third-order valence-corrected chi connectivity index (χ3v) is 4.81. The number of nitrogens with two attached hydrogens (primary N) is 1. The summed E-state index contributed by atoms with van der Waals surface area (Å²) < 4.78 is 0. The molecule has 0 atom stereocenters. The van der Waals surface area contributed by atoms with Crippen LogP contribution in [0.15, 0.2) is 0 Å². The van der Waals surface area contributed by atoms with Gasteiger partial charge >= 0.3 is 6.03 Å². The average Bonchev–Trinajstić information content (AvgIpc) is 2.68. The molecule has 0 aromatic carbocycles. The van der Waals surface area contributed by atoms with E-state index < -0.39 is 5.54 Å². The molecule has 2 rings (SSSR count). The second-order valence-corrected chi connectivity index (χ2v) is 6.28. The van der Waals surface area contributed by atoms with E-state index in [1.165, 1.54) is 19.3 Å². The Bertz CT molecular complexity index is 332. The molecule has 1 heterocycles. The summed E-state index contributed by atoms with van der Waals surface area (Å²) in [7, 11) is 0. The van der Waals surface area contributed by atoms with E-state index in [4.69, 9.17) is 18.0 Å². The minimum absolute atomic E-state index is 0.0246. The normalized spacial score (nSPS) is 23.5. The van der Waals surface area contributed by atoms with Crippen molar-refractivity contribution < 1.29 is 4.79 Å². The zero-order valence-corrected chi connectivity index (χ0v) is 12.4. The Morgan fingerprint density at radius 2 is 1.53 bits per heavy atom. The average molecular weight is 283 g/mol. The summed E-state index contributed by atoms with van der Waals surface area (Å²) in [4.78, 5) is 14.8. The molecule has 0 spiro atoms. The van der Waals surface area contributed by atoms with Gasteiger partial charge in [-0.25, -0.2) is 4.79 Å². The van der Waals surface area contributed by atoms with Gasteiger partial charge in [-0.2, -0.15) is 0 Å². The molecule has 0 unspecified atom stereocenters. The van der Waals surface area contributed by atoms with E-state index in [0.717, 1.165) is 51.6 Å². The molecule has 2 aliphatic rings. The van der Waals surface area contributed by atoms with Crippen LogP contribution in [0.5, 0.6) is 0 Å². The minimum Gasteiger partial charge on any atom is -0.391 e. The highest BCUT2D eigenvalue weighted by Crippen LogP contribution is 2.29. The molecule has 1 aliphatic carbocycles. The van der Waals surface area contributed by atoms with Crippen molar-refractivity contribution >= 4 is 23.2 Å². The molecular formula is C14H25N3OS. The fraction of sp³-hybridized carbons (Fsp3) is 0.857. The van der Waals surface area contributed by atoms with E-state index in [1.807, 2.05) is 4.90 Å². The number of nitrogens with zero attached hydrogens (tertiary/aromatic N) is 1. The van der Waals surface area contributed by atoms with Gasteiger partial charge in [0.05, 0.1) is 10.5 Å². The van der Waals surface area contributed by atoms with Crippen LogP contribution in [0, 0.1) is 0 Å². The van der Waals surface area contributed by atoms with Gasteiger partial charge in [0.1, 0.15) is 0 Å². The van der Waals surface area contributed by atoms with Crippen LogP contribution in [0.3, 0.4) is 0 Å². The second-order valence-electron chi connectivity index (χ2n) is 5.84. The summed E-state index contributed by atoms with van der Waals surface area (Å²) in [5.74, 6) is 0. The van der Waals surface area contributed by atoms with Gasteiger partial charge in [-0.05, 0) is 25.7 Å². The lowest BCUT2D eigenvalue weighted by Crippen LogP contribution is -2.60. The van der Waals surface area contributed by atoms with Gasteiger partial charge in [-0.1, -0.05) is 44.3 Å². The molecule has 4 nitrogen and oxygen atoms in total. The zero-order chi connectivity index (χ0) is 13.7. The lowest BCUT2D eigenvalue weighted by Gasteiger charge is -2.38. The molecule has 3 N–H and O–H groups in total. The molecule has 0 radical (unpaired) electrons. The van der Waals surface area contributed by atoms with E-state index in [9.17, 15) is 4.79 Å². The highest BCUT2D eigenvalue weighted by molar-refractivity contribution is 7.80. The highest BCUT2D eigenvalue weighted by Gasteiger charge is 2.37. The molecule has 1 aliphatic heterocycles. The molecule has 1 saturated heterocycles. The molecule has 0 aromatic rings. The minimum atomic E-state index is -0.434. The van der Waals surface area contributed by atoms with Gasteiger partial charge in [0.15, 0.2) is 0 Å². The monoisotopic (exact) mass is 283 g/mol. The van der Waals surface area contributed by atoms with E-state index >= 15 is 0 Å². The van der Waals surface area contributed by atoms with Crippen molar-refractivity contribution in [1.82, 2.24) is 10.2 Å². The molecule has 0 aromatic heterocycles. The maximum absolute atomic E-state index is 12.4. The topological polar surface area (TPSA) is 58.4 Å². The van der Waals surface area contributed by atoms with Crippen molar-refractivity contribution in [1.29, 1.82) is 0 Å². The van der Waals surface area contributed by atoms with Gasteiger partial charge in [0, 0.05) is 13.1 Å². The van der Waals surface area contributed by atoms with Crippen molar-refractivity contribution in [2.24, 2.45) is 5.73 Å². The SMILES string of the molecule is NC(=S)C1(NC(=O)N2CCCCCC2)CCCCC1. The number of hydrogen-bond acceptors (Lipinski definition) is 2. The Morgan fingerprint density at radius 1 is 1.00 bits per heavy atom. The summed E-state index contributed by atoms with van der Waals surface area (Å²) >= 11 is 5.22. The summed E-state index contributed by atoms with van der Waals surface area (Å²) in [6.45, 7) is 1.72. The molecule has 19 heavy (non-hydrogen) atoms. The van der Waals surface area contributed by atoms with Gasteiger partial charge in [-0.15, -0.1) is 0 Å². The first-order valence-electron chi connectivity index (χ1n) is 7.51. The Hall–Kier alpha value is -0.840. The van der Waals surface area contributed by atoms with Crippen molar-refractivity contribution in [2.45, 2.75) is 63.3 Å². The van der Waals surface area contributed by atoms with Crippen LogP contribution < -0.4 is 11.1 Å². The van der Waals surface area contributed by atoms with Crippen LogP contribution in [0.1, 0.15) is 57.8 Å². The molecule has 5 heteroatoms. The molecule has 2 fully saturated rings. The quantitative estimate of drug-likeness (QED) is 0.766. The van der Waals surface area contributed by atoms with Crippen LogP contribution in [-0.4, -0.2) is 34.5 Å². The number of carbonyl (C=O) groups is 1. The number of hydrogen-bond donors (Lipinski definition) is 2. The predicted octanol–water partition coefficient (Wildman–Crippen LogP) is 2.56. The maximum atomic E-state index is 12.4. The molecule has 2 amide bonds. The van der Waals surface area contributed by atoms with Crippen LogP contribution in [-0.2, 0) is 0 Å². The van der Waals surface area contributed by atoms with E-state index in [0.29, 0.717) is 4.99 Å². The van der Waals surface area contributed by atoms with Crippen LogP contribution in [0.2, 0.25) is 0 Å². The predicted molar refractivity (Wildman–Crippen MR) is 81.2 cm³/mol. The second kappa shape index (κ2) is 6.55. The Labute approximate surface area is 121 Å². The molecule has 108 valence electrons. The number of amides is 2. The van der Waals surface area contributed by atoms with Crippen molar-refractivity contribution in [3.05, 3.63) is 0 Å². The Kier molecular flexibility index (Phi) is 5.02. The van der Waals surface area contributed by atoms with E-state index in [-0.39, 0.29) is 6.03 Å². The third-order valence-electron chi connectivity index (χ3n) is 4.42. The van der Waals surface area contributed by atoms with Crippen molar-refractivity contribution in [2.75, 3.05) is 13.1 Å². The van der Waals surface area contributed by atoms with Gasteiger partial charge in [0.25, 0.3) is 0 Å². The first-order chi connectivity index (χ1) is 9.14. The molecular weight excluding hydrogens is 258 g/mol. The van der Waals surface area contributed by atoms with Crippen molar-refractivity contribution in [3.8, 4) is 0 Å². The fourth-order valence-corrected chi connectivity index (χ4v) is 3.40. The molecule has 1 saturated carbocycles. The zero-order valence-electron chi connectivity index (χ0n) is 11.6. The van der Waals surface area contributed by atoms with Crippen LogP contribution in [0.25, 0.3) is 0 Å². The van der Waals surface area contributed by atoms with Crippen LogP contribution >= 0.6 is 12.2 Å². The summed E-state index contributed by atoms with van der Waals surface area (Å²) in [5, 5.41) is 3.15. The Morgan fingerprint density at radius 3 is 2.05 bits per heavy atom. The summed E-state index contributed by atoms with van der Waals surface area (Å²) in [6, 6.07) is 0.0246. The number of nitrogens with one attached hydrogen (secondary N) is 1. The van der Waals surface area contributed by atoms with Crippen LogP contribution in [0.4, 0.5) is 4.79 Å². The highest BCUT2D eigenvalue weighted by atomic mass is 32.1. The number of urea groups is 1. The fourth-order valence-electron chi connectivity index (χ4n) is 3.15. The van der Waals surface area contributed by atoms with Gasteiger partial charge < -0.3 is 16.0 Å². The smallest absolute Gasteiger partial charge is 0.318 e. The number of likely N-dealkylation sites (tertiary alicyclic amines) is 1. The standard InChI is InChI=1S/C14H25N3OS/c15-12(19)14(8-4-3-5-9-14)16-13(18)17-10-6-1-2-7-11-17/h1-11H2,(H2,15,19)(H,16,18). The number of carbonyl (C=O) groups excluding carboxylic acids is 1. The maximum Gasteiger partial charge on any atom is 0.318 e. The van der Waals surface area contributed by atoms with Gasteiger partial charge in [-0.3, -0.25) is 0 Å².